The minimum absolute atomic E-state index is 0.0478. The molecular weight excluding hydrogens is 300 g/mol. The molecule has 1 heterocycles. The SMILES string of the molecule is CC(=O)N1CC(CCNC(=O)c2cccc(C)c2)c2ccccc21. The van der Waals surface area contributed by atoms with Gasteiger partial charge in [-0.25, -0.2) is 0 Å². The number of anilines is 1. The highest BCUT2D eigenvalue weighted by Gasteiger charge is 2.30. The topological polar surface area (TPSA) is 49.4 Å². The van der Waals surface area contributed by atoms with Gasteiger partial charge in [0.05, 0.1) is 0 Å². The van der Waals surface area contributed by atoms with Crippen LogP contribution in [0, 0.1) is 6.92 Å². The Morgan fingerprint density at radius 1 is 1.17 bits per heavy atom. The van der Waals surface area contributed by atoms with Gasteiger partial charge in [-0.2, -0.15) is 0 Å². The smallest absolute Gasteiger partial charge is 0.251 e. The van der Waals surface area contributed by atoms with E-state index < -0.39 is 0 Å². The Morgan fingerprint density at radius 3 is 2.71 bits per heavy atom. The van der Waals surface area contributed by atoms with E-state index in [4.69, 9.17) is 0 Å². The highest BCUT2D eigenvalue weighted by molar-refractivity contribution is 5.95. The number of fused-ring (bicyclic) bond motifs is 1. The molecule has 1 atom stereocenters. The molecule has 4 heteroatoms. The van der Waals surface area contributed by atoms with Crippen molar-refractivity contribution in [1.29, 1.82) is 0 Å². The molecule has 2 aromatic rings. The highest BCUT2D eigenvalue weighted by Crippen LogP contribution is 2.37. The molecule has 0 radical (unpaired) electrons. The fourth-order valence-corrected chi connectivity index (χ4v) is 3.29. The second kappa shape index (κ2) is 6.87. The van der Waals surface area contributed by atoms with Crippen LogP contribution in [0.25, 0.3) is 0 Å². The predicted octanol–water partition coefficient (Wildman–Crippen LogP) is 3.27. The molecule has 1 aliphatic rings. The fraction of sp³-hybridized carbons (Fsp3) is 0.300. The summed E-state index contributed by atoms with van der Waals surface area (Å²) < 4.78 is 0. The van der Waals surface area contributed by atoms with E-state index in [0.29, 0.717) is 18.7 Å². The Hall–Kier alpha value is -2.62. The Labute approximate surface area is 142 Å². The Balaban J connectivity index is 1.61. The van der Waals surface area contributed by atoms with Gasteiger partial charge in [-0.15, -0.1) is 0 Å². The van der Waals surface area contributed by atoms with Crippen LogP contribution in [0.5, 0.6) is 0 Å². The standard InChI is InChI=1S/C20H22N2O2/c1-14-6-5-7-16(12-14)20(24)21-11-10-17-13-22(15(2)23)19-9-4-3-8-18(17)19/h3-9,12,17H,10-11,13H2,1-2H3,(H,21,24). The number of para-hydroxylation sites is 1. The average molecular weight is 322 g/mol. The Bertz CT molecular complexity index is 770. The van der Waals surface area contributed by atoms with Crippen molar-refractivity contribution in [3.63, 3.8) is 0 Å². The van der Waals surface area contributed by atoms with E-state index in [0.717, 1.165) is 17.7 Å². The van der Waals surface area contributed by atoms with Gasteiger partial charge in [0, 0.05) is 37.2 Å². The maximum absolute atomic E-state index is 12.2. The number of amides is 2. The molecule has 0 saturated heterocycles. The first-order chi connectivity index (χ1) is 11.6. The van der Waals surface area contributed by atoms with Crippen molar-refractivity contribution in [2.75, 3.05) is 18.0 Å². The van der Waals surface area contributed by atoms with Crippen molar-refractivity contribution >= 4 is 17.5 Å². The van der Waals surface area contributed by atoms with Crippen LogP contribution in [0.1, 0.15) is 40.7 Å². The second-order valence-electron chi connectivity index (χ2n) is 6.30. The van der Waals surface area contributed by atoms with Crippen LogP contribution in [-0.4, -0.2) is 24.9 Å². The summed E-state index contributed by atoms with van der Waals surface area (Å²) in [5.41, 5.74) is 3.95. The zero-order valence-corrected chi connectivity index (χ0v) is 14.1. The molecule has 4 nitrogen and oxygen atoms in total. The van der Waals surface area contributed by atoms with Crippen LogP contribution in [0.2, 0.25) is 0 Å². The summed E-state index contributed by atoms with van der Waals surface area (Å²) in [4.78, 5) is 25.8. The molecule has 2 amide bonds. The third kappa shape index (κ3) is 3.32. The normalized spacial score (nSPS) is 15.9. The first-order valence-electron chi connectivity index (χ1n) is 8.28. The summed E-state index contributed by atoms with van der Waals surface area (Å²) in [6, 6.07) is 15.6. The van der Waals surface area contributed by atoms with E-state index in [1.807, 2.05) is 54.3 Å². The molecular formula is C20H22N2O2. The zero-order valence-electron chi connectivity index (χ0n) is 14.1. The van der Waals surface area contributed by atoms with Crippen molar-refractivity contribution in [2.24, 2.45) is 0 Å². The fourth-order valence-electron chi connectivity index (χ4n) is 3.29. The second-order valence-corrected chi connectivity index (χ2v) is 6.30. The van der Waals surface area contributed by atoms with Gasteiger partial charge in [-0.05, 0) is 37.1 Å². The minimum Gasteiger partial charge on any atom is -0.352 e. The lowest BCUT2D eigenvalue weighted by Crippen LogP contribution is -2.29. The molecule has 1 N–H and O–H groups in total. The summed E-state index contributed by atoms with van der Waals surface area (Å²) in [5.74, 6) is 0.282. The molecule has 0 bridgehead atoms. The molecule has 1 unspecified atom stereocenters. The van der Waals surface area contributed by atoms with Gasteiger partial charge < -0.3 is 10.2 Å². The molecule has 1 aliphatic heterocycles. The number of benzene rings is 2. The molecule has 0 aliphatic carbocycles. The molecule has 0 saturated carbocycles. The number of hydrogen-bond acceptors (Lipinski definition) is 2. The van der Waals surface area contributed by atoms with Crippen LogP contribution >= 0.6 is 0 Å². The van der Waals surface area contributed by atoms with Crippen LogP contribution in [0.15, 0.2) is 48.5 Å². The zero-order chi connectivity index (χ0) is 17.1. The number of rotatable bonds is 4. The van der Waals surface area contributed by atoms with E-state index in [2.05, 4.69) is 11.4 Å². The molecule has 0 fully saturated rings. The van der Waals surface area contributed by atoms with Crippen LogP contribution in [0.4, 0.5) is 5.69 Å². The van der Waals surface area contributed by atoms with Crippen molar-refractivity contribution in [2.45, 2.75) is 26.2 Å². The number of aryl methyl sites for hydroxylation is 1. The van der Waals surface area contributed by atoms with Crippen LogP contribution in [-0.2, 0) is 4.79 Å². The van der Waals surface area contributed by atoms with Crippen molar-refractivity contribution < 1.29 is 9.59 Å². The van der Waals surface area contributed by atoms with Gasteiger partial charge in [-0.1, -0.05) is 35.9 Å². The van der Waals surface area contributed by atoms with E-state index >= 15 is 0 Å². The highest BCUT2D eigenvalue weighted by atomic mass is 16.2. The molecule has 24 heavy (non-hydrogen) atoms. The lowest BCUT2D eigenvalue weighted by atomic mass is 9.98. The molecule has 3 rings (SSSR count). The third-order valence-electron chi connectivity index (χ3n) is 4.51. The van der Waals surface area contributed by atoms with E-state index in [-0.39, 0.29) is 17.7 Å². The largest absolute Gasteiger partial charge is 0.352 e. The summed E-state index contributed by atoms with van der Waals surface area (Å²) in [6.45, 7) is 4.85. The number of nitrogens with zero attached hydrogens (tertiary/aromatic N) is 1. The first-order valence-corrected chi connectivity index (χ1v) is 8.28. The maximum Gasteiger partial charge on any atom is 0.251 e. The van der Waals surface area contributed by atoms with Crippen LogP contribution in [0.3, 0.4) is 0 Å². The van der Waals surface area contributed by atoms with Crippen molar-refractivity contribution in [1.82, 2.24) is 5.32 Å². The number of carbonyl (C=O) groups excluding carboxylic acids is 2. The number of nitrogens with one attached hydrogen (secondary N) is 1. The van der Waals surface area contributed by atoms with Gasteiger partial charge in [-0.3, -0.25) is 9.59 Å². The van der Waals surface area contributed by atoms with Gasteiger partial charge >= 0.3 is 0 Å². The van der Waals surface area contributed by atoms with Crippen molar-refractivity contribution in [3.05, 3.63) is 65.2 Å². The maximum atomic E-state index is 12.2. The monoisotopic (exact) mass is 322 g/mol. The molecule has 0 spiro atoms. The summed E-state index contributed by atoms with van der Waals surface area (Å²) in [6.07, 6.45) is 0.818. The van der Waals surface area contributed by atoms with Crippen molar-refractivity contribution in [3.8, 4) is 0 Å². The predicted molar refractivity (Wildman–Crippen MR) is 95.3 cm³/mol. The Morgan fingerprint density at radius 2 is 1.96 bits per heavy atom. The molecule has 0 aromatic heterocycles. The average Bonchev–Trinajstić information content (AvgIpc) is 2.94. The van der Waals surface area contributed by atoms with Crippen LogP contribution < -0.4 is 10.2 Å². The van der Waals surface area contributed by atoms with E-state index in [1.54, 1.807) is 6.92 Å². The number of hydrogen-bond donors (Lipinski definition) is 1. The quantitative estimate of drug-likeness (QED) is 0.939. The minimum atomic E-state index is -0.0478. The molecule has 2 aromatic carbocycles. The number of carbonyl (C=O) groups is 2. The van der Waals surface area contributed by atoms with E-state index in [9.17, 15) is 9.59 Å². The molecule has 124 valence electrons. The first kappa shape index (κ1) is 16.2. The van der Waals surface area contributed by atoms with E-state index in [1.165, 1.54) is 5.56 Å². The lowest BCUT2D eigenvalue weighted by Gasteiger charge is -2.15. The van der Waals surface area contributed by atoms with Gasteiger partial charge in [0.1, 0.15) is 0 Å². The summed E-state index contributed by atoms with van der Waals surface area (Å²) in [5, 5.41) is 2.99. The summed E-state index contributed by atoms with van der Waals surface area (Å²) >= 11 is 0. The van der Waals surface area contributed by atoms with Gasteiger partial charge in [0.2, 0.25) is 5.91 Å². The van der Waals surface area contributed by atoms with Gasteiger partial charge in [0.15, 0.2) is 0 Å². The summed E-state index contributed by atoms with van der Waals surface area (Å²) in [7, 11) is 0. The Kier molecular flexibility index (Phi) is 4.65. The van der Waals surface area contributed by atoms with Gasteiger partial charge in [0.25, 0.3) is 5.91 Å². The lowest BCUT2D eigenvalue weighted by molar-refractivity contribution is -0.116. The third-order valence-corrected chi connectivity index (χ3v) is 4.51.